The molecule has 1 aromatic heterocycles. The van der Waals surface area contributed by atoms with Crippen molar-refractivity contribution in [3.05, 3.63) is 35.4 Å². The SMILES string of the molecule is Cc1ccccc1CCNc1nnc(N)o1. The summed E-state index contributed by atoms with van der Waals surface area (Å²) in [5.74, 6) is 0. The first-order chi connectivity index (χ1) is 7.75. The van der Waals surface area contributed by atoms with Gasteiger partial charge in [-0.15, -0.1) is 0 Å². The molecule has 0 fully saturated rings. The van der Waals surface area contributed by atoms with Crippen molar-refractivity contribution in [3.8, 4) is 0 Å². The van der Waals surface area contributed by atoms with E-state index in [4.69, 9.17) is 10.2 Å². The van der Waals surface area contributed by atoms with Crippen LogP contribution in [0, 0.1) is 6.92 Å². The Kier molecular flexibility index (Phi) is 3.05. The number of rotatable bonds is 4. The fourth-order valence-corrected chi connectivity index (χ4v) is 1.50. The zero-order chi connectivity index (χ0) is 11.4. The second-order valence-corrected chi connectivity index (χ2v) is 3.55. The monoisotopic (exact) mass is 218 g/mol. The van der Waals surface area contributed by atoms with Crippen molar-refractivity contribution >= 4 is 12.0 Å². The topological polar surface area (TPSA) is 77.0 Å². The molecule has 0 spiro atoms. The predicted molar refractivity (Wildman–Crippen MR) is 62.1 cm³/mol. The van der Waals surface area contributed by atoms with E-state index in [0.29, 0.717) is 6.01 Å². The van der Waals surface area contributed by atoms with Crippen molar-refractivity contribution in [2.24, 2.45) is 0 Å². The Morgan fingerprint density at radius 2 is 2.12 bits per heavy atom. The van der Waals surface area contributed by atoms with Crippen LogP contribution in [0.5, 0.6) is 0 Å². The van der Waals surface area contributed by atoms with Crippen LogP contribution < -0.4 is 11.1 Å². The summed E-state index contributed by atoms with van der Waals surface area (Å²) in [6, 6.07) is 8.72. The van der Waals surface area contributed by atoms with Crippen molar-refractivity contribution in [3.63, 3.8) is 0 Å². The second-order valence-electron chi connectivity index (χ2n) is 3.55. The van der Waals surface area contributed by atoms with Crippen LogP contribution in [0.1, 0.15) is 11.1 Å². The molecule has 0 unspecified atom stereocenters. The third kappa shape index (κ3) is 2.50. The molecule has 5 nitrogen and oxygen atoms in total. The highest BCUT2D eigenvalue weighted by atomic mass is 16.4. The normalized spacial score (nSPS) is 10.3. The third-order valence-corrected chi connectivity index (χ3v) is 2.37. The van der Waals surface area contributed by atoms with Gasteiger partial charge in [0.15, 0.2) is 0 Å². The average molecular weight is 218 g/mol. The van der Waals surface area contributed by atoms with E-state index >= 15 is 0 Å². The van der Waals surface area contributed by atoms with E-state index in [-0.39, 0.29) is 6.01 Å². The maximum atomic E-state index is 5.31. The number of hydrogen-bond donors (Lipinski definition) is 2. The highest BCUT2D eigenvalue weighted by Gasteiger charge is 2.01. The lowest BCUT2D eigenvalue weighted by molar-refractivity contribution is 0.586. The molecule has 84 valence electrons. The van der Waals surface area contributed by atoms with E-state index in [1.54, 1.807) is 0 Å². The first-order valence-corrected chi connectivity index (χ1v) is 5.13. The molecule has 1 aromatic carbocycles. The molecular weight excluding hydrogens is 204 g/mol. The summed E-state index contributed by atoms with van der Waals surface area (Å²) in [7, 11) is 0. The molecule has 1 heterocycles. The highest BCUT2D eigenvalue weighted by molar-refractivity contribution is 5.28. The van der Waals surface area contributed by atoms with Gasteiger partial charge in [-0.3, -0.25) is 0 Å². The van der Waals surface area contributed by atoms with Gasteiger partial charge in [0.25, 0.3) is 0 Å². The molecule has 3 N–H and O–H groups in total. The predicted octanol–water partition coefficient (Wildman–Crippen LogP) is 1.61. The molecule has 0 atom stereocenters. The Bertz CT molecular complexity index is 467. The fourth-order valence-electron chi connectivity index (χ4n) is 1.50. The Balaban J connectivity index is 1.87. The summed E-state index contributed by atoms with van der Waals surface area (Å²) in [5.41, 5.74) is 7.90. The number of nitrogens with one attached hydrogen (secondary N) is 1. The Labute approximate surface area is 93.7 Å². The molecule has 16 heavy (non-hydrogen) atoms. The minimum absolute atomic E-state index is 0.0818. The largest absolute Gasteiger partial charge is 0.390 e. The number of nitrogens with zero attached hydrogens (tertiary/aromatic N) is 2. The lowest BCUT2D eigenvalue weighted by Crippen LogP contribution is -2.05. The van der Waals surface area contributed by atoms with Gasteiger partial charge in [-0.25, -0.2) is 0 Å². The zero-order valence-electron chi connectivity index (χ0n) is 9.10. The van der Waals surface area contributed by atoms with Gasteiger partial charge < -0.3 is 15.5 Å². The smallest absolute Gasteiger partial charge is 0.316 e. The maximum absolute atomic E-state index is 5.31. The van der Waals surface area contributed by atoms with Gasteiger partial charge in [0.05, 0.1) is 0 Å². The molecular formula is C11H14N4O. The molecule has 0 saturated heterocycles. The van der Waals surface area contributed by atoms with Gasteiger partial charge in [-0.2, -0.15) is 0 Å². The van der Waals surface area contributed by atoms with Crippen LogP contribution in [0.3, 0.4) is 0 Å². The van der Waals surface area contributed by atoms with Gasteiger partial charge in [0.2, 0.25) is 0 Å². The van der Waals surface area contributed by atoms with E-state index in [1.807, 2.05) is 12.1 Å². The van der Waals surface area contributed by atoms with Crippen LogP contribution in [0.15, 0.2) is 28.7 Å². The summed E-state index contributed by atoms with van der Waals surface area (Å²) in [6.07, 6.45) is 0.912. The summed E-state index contributed by atoms with van der Waals surface area (Å²) < 4.78 is 5.00. The molecule has 0 amide bonds. The van der Waals surface area contributed by atoms with Crippen LogP contribution >= 0.6 is 0 Å². The van der Waals surface area contributed by atoms with E-state index in [1.165, 1.54) is 11.1 Å². The van der Waals surface area contributed by atoms with Crippen molar-refractivity contribution in [1.82, 2.24) is 10.2 Å². The van der Waals surface area contributed by atoms with Crippen molar-refractivity contribution in [2.45, 2.75) is 13.3 Å². The van der Waals surface area contributed by atoms with Gasteiger partial charge in [0, 0.05) is 6.54 Å². The van der Waals surface area contributed by atoms with Gasteiger partial charge in [-0.05, 0) is 24.5 Å². The summed E-state index contributed by atoms with van der Waals surface area (Å²) in [6.45, 7) is 2.84. The number of hydrogen-bond acceptors (Lipinski definition) is 5. The number of aromatic nitrogens is 2. The number of benzene rings is 1. The van der Waals surface area contributed by atoms with Crippen LogP contribution in [-0.2, 0) is 6.42 Å². The first-order valence-electron chi connectivity index (χ1n) is 5.13. The van der Waals surface area contributed by atoms with E-state index in [0.717, 1.165) is 13.0 Å². The van der Waals surface area contributed by atoms with Crippen molar-refractivity contribution < 1.29 is 4.42 Å². The van der Waals surface area contributed by atoms with Gasteiger partial charge >= 0.3 is 12.0 Å². The number of nitrogen functional groups attached to an aromatic ring is 1. The first kappa shape index (κ1) is 10.5. The lowest BCUT2D eigenvalue weighted by atomic mass is 10.1. The highest BCUT2D eigenvalue weighted by Crippen LogP contribution is 2.09. The second kappa shape index (κ2) is 4.65. The van der Waals surface area contributed by atoms with E-state index in [9.17, 15) is 0 Å². The molecule has 0 bridgehead atoms. The van der Waals surface area contributed by atoms with Gasteiger partial charge in [-0.1, -0.05) is 34.5 Å². The van der Waals surface area contributed by atoms with Crippen LogP contribution in [0.4, 0.5) is 12.0 Å². The molecule has 0 radical (unpaired) electrons. The molecule has 0 aliphatic heterocycles. The summed E-state index contributed by atoms with van der Waals surface area (Å²) in [4.78, 5) is 0. The quantitative estimate of drug-likeness (QED) is 0.815. The fraction of sp³-hybridized carbons (Fsp3) is 0.273. The zero-order valence-corrected chi connectivity index (χ0v) is 9.10. The molecule has 0 aliphatic rings. The molecule has 2 aromatic rings. The van der Waals surface area contributed by atoms with Crippen LogP contribution in [0.25, 0.3) is 0 Å². The molecule has 5 heteroatoms. The van der Waals surface area contributed by atoms with Crippen LogP contribution in [-0.4, -0.2) is 16.7 Å². The summed E-state index contributed by atoms with van der Waals surface area (Å²) in [5, 5.41) is 10.3. The van der Waals surface area contributed by atoms with E-state index in [2.05, 4.69) is 34.6 Å². The Morgan fingerprint density at radius 3 is 2.81 bits per heavy atom. The number of nitrogens with two attached hydrogens (primary N) is 1. The van der Waals surface area contributed by atoms with Crippen molar-refractivity contribution in [2.75, 3.05) is 17.6 Å². The van der Waals surface area contributed by atoms with E-state index < -0.39 is 0 Å². The Morgan fingerprint density at radius 1 is 1.31 bits per heavy atom. The summed E-state index contributed by atoms with van der Waals surface area (Å²) >= 11 is 0. The molecule has 2 rings (SSSR count). The minimum atomic E-state index is 0.0818. The number of aryl methyl sites for hydroxylation is 1. The average Bonchev–Trinajstić information content (AvgIpc) is 2.67. The Hall–Kier alpha value is -2.04. The lowest BCUT2D eigenvalue weighted by Gasteiger charge is -2.04. The molecule has 0 saturated carbocycles. The maximum Gasteiger partial charge on any atom is 0.316 e. The van der Waals surface area contributed by atoms with Gasteiger partial charge in [0.1, 0.15) is 0 Å². The number of anilines is 2. The molecule has 0 aliphatic carbocycles. The third-order valence-electron chi connectivity index (χ3n) is 2.37. The standard InChI is InChI=1S/C11H14N4O/c1-8-4-2-3-5-9(8)6-7-13-11-15-14-10(12)16-11/h2-5H,6-7H2,1H3,(H2,12,14)(H,13,15). The minimum Gasteiger partial charge on any atom is -0.390 e. The van der Waals surface area contributed by atoms with Crippen LogP contribution in [0.2, 0.25) is 0 Å². The van der Waals surface area contributed by atoms with Crippen molar-refractivity contribution in [1.29, 1.82) is 0 Å².